The standard InChI is InChI=1S/C19H25N3O3/c1-13-12-15-14(18(20-13)21(2)10-11-23)6-4-7-16(15)22-9-5-8-17(22)19(24)25-3/h4,6-7,12,17,23H,5,8-11H2,1-3H3. The van der Waals surface area contributed by atoms with E-state index in [0.717, 1.165) is 47.4 Å². The van der Waals surface area contributed by atoms with Crippen molar-refractivity contribution in [2.24, 2.45) is 0 Å². The van der Waals surface area contributed by atoms with E-state index >= 15 is 0 Å². The van der Waals surface area contributed by atoms with Crippen LogP contribution in [0.5, 0.6) is 0 Å². The summed E-state index contributed by atoms with van der Waals surface area (Å²) in [7, 11) is 3.37. The number of carbonyl (C=O) groups excluding carboxylic acids is 1. The molecule has 6 heteroatoms. The van der Waals surface area contributed by atoms with Crippen LogP contribution in [0.1, 0.15) is 18.5 Å². The molecule has 1 aromatic heterocycles. The molecule has 1 aromatic carbocycles. The number of hydrogen-bond donors (Lipinski definition) is 1. The van der Waals surface area contributed by atoms with Crippen LogP contribution in [-0.4, -0.2) is 56.0 Å². The third-order valence-corrected chi connectivity index (χ3v) is 4.79. The molecule has 0 saturated carbocycles. The molecule has 1 unspecified atom stereocenters. The maximum absolute atomic E-state index is 12.1. The molecular weight excluding hydrogens is 318 g/mol. The number of hydrogen-bond acceptors (Lipinski definition) is 6. The van der Waals surface area contributed by atoms with Crippen molar-refractivity contribution in [1.29, 1.82) is 0 Å². The molecule has 2 heterocycles. The number of pyridine rings is 1. The number of aliphatic hydroxyl groups excluding tert-OH is 1. The maximum atomic E-state index is 12.1. The van der Waals surface area contributed by atoms with Gasteiger partial charge in [-0.1, -0.05) is 12.1 Å². The largest absolute Gasteiger partial charge is 0.467 e. The van der Waals surface area contributed by atoms with Gasteiger partial charge in [0.1, 0.15) is 11.9 Å². The van der Waals surface area contributed by atoms with E-state index in [-0.39, 0.29) is 18.6 Å². The maximum Gasteiger partial charge on any atom is 0.328 e. The van der Waals surface area contributed by atoms with Crippen molar-refractivity contribution in [3.8, 4) is 0 Å². The average molecular weight is 343 g/mol. The fourth-order valence-corrected chi connectivity index (χ4v) is 3.60. The number of anilines is 2. The highest BCUT2D eigenvalue weighted by Gasteiger charge is 2.32. The quantitative estimate of drug-likeness (QED) is 0.839. The zero-order valence-electron chi connectivity index (χ0n) is 15.0. The van der Waals surface area contributed by atoms with Gasteiger partial charge >= 0.3 is 5.97 Å². The second-order valence-corrected chi connectivity index (χ2v) is 6.48. The van der Waals surface area contributed by atoms with Gasteiger partial charge in [0.25, 0.3) is 0 Å². The van der Waals surface area contributed by atoms with E-state index in [1.807, 2.05) is 31.0 Å². The third-order valence-electron chi connectivity index (χ3n) is 4.79. The summed E-state index contributed by atoms with van der Waals surface area (Å²) in [6, 6.07) is 7.92. The topological polar surface area (TPSA) is 65.9 Å². The number of esters is 1. The first-order valence-corrected chi connectivity index (χ1v) is 8.63. The van der Waals surface area contributed by atoms with Crippen molar-refractivity contribution >= 4 is 28.2 Å². The van der Waals surface area contributed by atoms with Crippen molar-refractivity contribution in [1.82, 2.24) is 4.98 Å². The monoisotopic (exact) mass is 343 g/mol. The number of nitrogens with zero attached hydrogens (tertiary/aromatic N) is 3. The Morgan fingerprint density at radius 3 is 2.96 bits per heavy atom. The number of aryl methyl sites for hydroxylation is 1. The molecule has 6 nitrogen and oxygen atoms in total. The van der Waals surface area contributed by atoms with Gasteiger partial charge in [0.2, 0.25) is 0 Å². The molecule has 25 heavy (non-hydrogen) atoms. The smallest absolute Gasteiger partial charge is 0.328 e. The number of carbonyl (C=O) groups is 1. The number of aromatic nitrogens is 1. The minimum atomic E-state index is -0.234. The molecule has 0 radical (unpaired) electrons. The molecule has 1 saturated heterocycles. The molecule has 134 valence electrons. The first kappa shape index (κ1) is 17.5. The van der Waals surface area contributed by atoms with Crippen molar-refractivity contribution in [2.45, 2.75) is 25.8 Å². The molecule has 0 aliphatic carbocycles. The van der Waals surface area contributed by atoms with Crippen LogP contribution in [0.4, 0.5) is 11.5 Å². The number of methoxy groups -OCH3 is 1. The molecule has 1 aliphatic rings. The van der Waals surface area contributed by atoms with Gasteiger partial charge in [0.15, 0.2) is 0 Å². The summed E-state index contributed by atoms with van der Waals surface area (Å²) < 4.78 is 4.99. The summed E-state index contributed by atoms with van der Waals surface area (Å²) >= 11 is 0. The SMILES string of the molecule is COC(=O)C1CCCN1c1cccc2c(N(C)CCO)nc(C)cc12. The normalized spacial score (nSPS) is 17.1. The van der Waals surface area contributed by atoms with Crippen molar-refractivity contribution in [2.75, 3.05) is 43.7 Å². The first-order valence-electron chi connectivity index (χ1n) is 8.63. The van der Waals surface area contributed by atoms with Gasteiger partial charge in [0, 0.05) is 42.3 Å². The second-order valence-electron chi connectivity index (χ2n) is 6.48. The van der Waals surface area contributed by atoms with Gasteiger partial charge in [-0.3, -0.25) is 0 Å². The molecule has 1 aliphatic heterocycles. The molecule has 0 bridgehead atoms. The van der Waals surface area contributed by atoms with Crippen LogP contribution in [0.2, 0.25) is 0 Å². The lowest BCUT2D eigenvalue weighted by atomic mass is 10.1. The van der Waals surface area contributed by atoms with Crippen LogP contribution >= 0.6 is 0 Å². The van der Waals surface area contributed by atoms with Gasteiger partial charge in [-0.25, -0.2) is 9.78 Å². The number of benzene rings is 1. The van der Waals surface area contributed by atoms with Gasteiger partial charge in [-0.2, -0.15) is 0 Å². The Hall–Kier alpha value is -2.34. The van der Waals surface area contributed by atoms with E-state index in [9.17, 15) is 9.90 Å². The number of rotatable bonds is 5. The van der Waals surface area contributed by atoms with Crippen molar-refractivity contribution < 1.29 is 14.6 Å². The minimum absolute atomic E-state index is 0.0733. The van der Waals surface area contributed by atoms with Crippen LogP contribution in [0.15, 0.2) is 24.3 Å². The van der Waals surface area contributed by atoms with Crippen LogP contribution in [0.25, 0.3) is 10.8 Å². The first-order chi connectivity index (χ1) is 12.1. The van der Waals surface area contributed by atoms with Gasteiger partial charge in [0.05, 0.1) is 13.7 Å². The highest BCUT2D eigenvalue weighted by molar-refractivity contribution is 6.02. The molecule has 1 fully saturated rings. The van der Waals surface area contributed by atoms with Gasteiger partial charge in [-0.05, 0) is 31.9 Å². The number of fused-ring (bicyclic) bond motifs is 1. The van der Waals surface area contributed by atoms with E-state index in [4.69, 9.17) is 4.74 Å². The van der Waals surface area contributed by atoms with E-state index in [1.165, 1.54) is 7.11 Å². The third kappa shape index (κ3) is 3.26. The number of ether oxygens (including phenoxy) is 1. The second kappa shape index (κ2) is 7.27. The number of aliphatic hydroxyl groups is 1. The molecule has 0 amide bonds. The van der Waals surface area contributed by atoms with Crippen molar-refractivity contribution in [3.05, 3.63) is 30.0 Å². The fourth-order valence-electron chi connectivity index (χ4n) is 3.60. The Morgan fingerprint density at radius 2 is 2.24 bits per heavy atom. The summed E-state index contributed by atoms with van der Waals surface area (Å²) in [5.74, 6) is 0.664. The predicted octanol–water partition coefficient (Wildman–Crippen LogP) is 2.11. The summed E-state index contributed by atoms with van der Waals surface area (Å²) in [4.78, 5) is 20.9. The highest BCUT2D eigenvalue weighted by Crippen LogP contribution is 2.36. The predicted molar refractivity (Wildman–Crippen MR) is 99.2 cm³/mol. The molecule has 0 spiro atoms. The van der Waals surface area contributed by atoms with E-state index < -0.39 is 0 Å². The van der Waals surface area contributed by atoms with Crippen LogP contribution in [0, 0.1) is 6.92 Å². The zero-order valence-corrected chi connectivity index (χ0v) is 15.0. The average Bonchev–Trinajstić information content (AvgIpc) is 3.09. The molecular formula is C19H25N3O3. The van der Waals surface area contributed by atoms with E-state index in [1.54, 1.807) is 0 Å². The molecule has 3 rings (SSSR count). The lowest BCUT2D eigenvalue weighted by Gasteiger charge is -2.27. The van der Waals surface area contributed by atoms with Gasteiger partial charge < -0.3 is 19.6 Å². The lowest BCUT2D eigenvalue weighted by Crippen LogP contribution is -2.37. The Morgan fingerprint density at radius 1 is 1.44 bits per heavy atom. The van der Waals surface area contributed by atoms with Crippen molar-refractivity contribution in [3.63, 3.8) is 0 Å². The van der Waals surface area contributed by atoms with Gasteiger partial charge in [-0.15, -0.1) is 0 Å². The Kier molecular flexibility index (Phi) is 5.08. The zero-order chi connectivity index (χ0) is 18.0. The highest BCUT2D eigenvalue weighted by atomic mass is 16.5. The van der Waals surface area contributed by atoms with E-state index in [2.05, 4.69) is 22.0 Å². The Balaban J connectivity index is 2.12. The van der Waals surface area contributed by atoms with Crippen LogP contribution in [-0.2, 0) is 9.53 Å². The Labute approximate surface area is 148 Å². The molecule has 1 atom stereocenters. The minimum Gasteiger partial charge on any atom is -0.467 e. The fraction of sp³-hybridized carbons (Fsp3) is 0.474. The number of likely N-dealkylation sites (N-methyl/N-ethyl adjacent to an activating group) is 1. The van der Waals surface area contributed by atoms with Crippen LogP contribution < -0.4 is 9.80 Å². The van der Waals surface area contributed by atoms with E-state index in [0.29, 0.717) is 6.54 Å². The summed E-state index contributed by atoms with van der Waals surface area (Å²) in [5.41, 5.74) is 1.95. The molecule has 2 aromatic rings. The molecule has 1 N–H and O–H groups in total. The van der Waals surface area contributed by atoms with Crippen LogP contribution in [0.3, 0.4) is 0 Å². The summed E-state index contributed by atoms with van der Waals surface area (Å²) in [6.45, 7) is 3.39. The summed E-state index contributed by atoms with van der Waals surface area (Å²) in [6.07, 6.45) is 1.78. The lowest BCUT2D eigenvalue weighted by molar-refractivity contribution is -0.141. The Bertz CT molecular complexity index is 778. The summed E-state index contributed by atoms with van der Waals surface area (Å²) in [5, 5.41) is 11.4.